The number of hydrogen-bond acceptors (Lipinski definition) is 3. The van der Waals surface area contributed by atoms with E-state index in [0.717, 1.165) is 29.4 Å². The number of hydrogen-bond donors (Lipinski definition) is 1. The Kier molecular flexibility index (Phi) is 4.49. The second kappa shape index (κ2) is 5.91. The van der Waals surface area contributed by atoms with E-state index in [1.54, 1.807) is 0 Å². The Balaban J connectivity index is 2.02. The maximum Gasteiger partial charge on any atom is 0.0682 e. The summed E-state index contributed by atoms with van der Waals surface area (Å²) in [4.78, 5) is 4.59. The third-order valence-electron chi connectivity index (χ3n) is 3.63. The first-order valence-corrected chi connectivity index (χ1v) is 6.77. The molecular weight excluding hydrogens is 248 g/mol. The third kappa shape index (κ3) is 3.16. The Morgan fingerprint density at radius 3 is 2.83 bits per heavy atom. The van der Waals surface area contributed by atoms with Crippen LogP contribution in [0.2, 0.25) is 5.02 Å². The summed E-state index contributed by atoms with van der Waals surface area (Å²) in [5.41, 5.74) is 1.90. The molecule has 1 saturated heterocycles. The molecule has 0 radical (unpaired) electrons. The van der Waals surface area contributed by atoms with Crippen molar-refractivity contribution in [2.75, 3.05) is 38.6 Å². The molecule has 1 atom stereocenters. The maximum absolute atomic E-state index is 9.07. The van der Waals surface area contributed by atoms with Crippen LogP contribution in [0, 0.1) is 5.92 Å². The number of rotatable bonds is 4. The summed E-state index contributed by atoms with van der Waals surface area (Å²) in [6.07, 6.45) is 1.26. The van der Waals surface area contributed by atoms with E-state index in [9.17, 15) is 0 Å². The number of anilines is 1. The summed E-state index contributed by atoms with van der Waals surface area (Å²) in [5.74, 6) is 0.716. The van der Waals surface area contributed by atoms with E-state index >= 15 is 0 Å². The van der Waals surface area contributed by atoms with E-state index in [4.69, 9.17) is 16.7 Å². The fourth-order valence-electron chi connectivity index (χ4n) is 2.62. The number of benzene rings is 1. The first-order chi connectivity index (χ1) is 8.60. The van der Waals surface area contributed by atoms with Crippen LogP contribution in [0.15, 0.2) is 18.2 Å². The number of likely N-dealkylation sites (tertiary alicyclic amines) is 1. The van der Waals surface area contributed by atoms with E-state index < -0.39 is 0 Å². The molecule has 100 valence electrons. The van der Waals surface area contributed by atoms with Crippen molar-refractivity contribution in [3.05, 3.63) is 28.8 Å². The van der Waals surface area contributed by atoms with E-state index in [0.29, 0.717) is 5.92 Å². The average Bonchev–Trinajstić information content (AvgIpc) is 2.74. The molecule has 0 aliphatic carbocycles. The van der Waals surface area contributed by atoms with Gasteiger partial charge in [0.15, 0.2) is 0 Å². The van der Waals surface area contributed by atoms with Crippen molar-refractivity contribution in [3.8, 4) is 0 Å². The molecule has 0 aromatic heterocycles. The highest BCUT2D eigenvalue weighted by molar-refractivity contribution is 6.33. The lowest BCUT2D eigenvalue weighted by atomic mass is 10.1. The van der Waals surface area contributed by atoms with Crippen LogP contribution in [0.3, 0.4) is 0 Å². The second-order valence-corrected chi connectivity index (χ2v) is 5.65. The van der Waals surface area contributed by atoms with Crippen LogP contribution in [0.4, 0.5) is 5.69 Å². The Labute approximate surface area is 114 Å². The zero-order chi connectivity index (χ0) is 13.1. The molecule has 0 spiro atoms. The minimum Gasteiger partial charge on any atom is -0.392 e. The molecule has 18 heavy (non-hydrogen) atoms. The number of aliphatic hydroxyl groups excluding tert-OH is 1. The summed E-state index contributed by atoms with van der Waals surface area (Å²) in [5, 5.41) is 9.79. The monoisotopic (exact) mass is 268 g/mol. The van der Waals surface area contributed by atoms with Crippen molar-refractivity contribution in [2.45, 2.75) is 13.0 Å². The molecule has 1 unspecified atom stereocenters. The van der Waals surface area contributed by atoms with Crippen molar-refractivity contribution >= 4 is 17.3 Å². The zero-order valence-electron chi connectivity index (χ0n) is 11.1. The van der Waals surface area contributed by atoms with Crippen molar-refractivity contribution in [3.63, 3.8) is 0 Å². The number of halogens is 1. The molecule has 1 aliphatic heterocycles. The molecule has 2 rings (SSSR count). The standard InChI is InChI=1S/C14H21ClN2O/c1-16-6-5-12(8-16)9-17(2)14-4-3-11(10-18)7-13(14)15/h3-4,7,12,18H,5-6,8-10H2,1-2H3. The van der Waals surface area contributed by atoms with Crippen LogP contribution >= 0.6 is 11.6 Å². The first-order valence-electron chi connectivity index (χ1n) is 6.39. The van der Waals surface area contributed by atoms with Crippen molar-refractivity contribution in [2.24, 2.45) is 5.92 Å². The van der Waals surface area contributed by atoms with Crippen molar-refractivity contribution in [1.29, 1.82) is 0 Å². The molecule has 3 nitrogen and oxygen atoms in total. The number of aliphatic hydroxyl groups is 1. The zero-order valence-corrected chi connectivity index (χ0v) is 11.8. The highest BCUT2D eigenvalue weighted by Crippen LogP contribution is 2.27. The Hall–Kier alpha value is -0.770. The molecule has 1 aromatic rings. The minimum absolute atomic E-state index is 0.0388. The smallest absolute Gasteiger partial charge is 0.0682 e. The SMILES string of the molecule is CN1CCC(CN(C)c2ccc(CO)cc2Cl)C1. The molecule has 1 fully saturated rings. The largest absolute Gasteiger partial charge is 0.392 e. The molecule has 1 heterocycles. The summed E-state index contributed by atoms with van der Waals surface area (Å²) >= 11 is 6.25. The first kappa shape index (κ1) is 13.7. The van der Waals surface area contributed by atoms with Crippen LogP contribution in [-0.2, 0) is 6.61 Å². The van der Waals surface area contributed by atoms with E-state index in [1.165, 1.54) is 13.0 Å². The van der Waals surface area contributed by atoms with Crippen molar-refractivity contribution in [1.82, 2.24) is 4.90 Å². The molecule has 0 amide bonds. The fourth-order valence-corrected chi connectivity index (χ4v) is 2.97. The molecule has 1 aromatic carbocycles. The lowest BCUT2D eigenvalue weighted by Gasteiger charge is -2.24. The minimum atomic E-state index is 0.0388. The normalized spacial score (nSPS) is 20.3. The molecule has 4 heteroatoms. The van der Waals surface area contributed by atoms with Gasteiger partial charge in [-0.3, -0.25) is 0 Å². The maximum atomic E-state index is 9.07. The summed E-state index contributed by atoms with van der Waals surface area (Å²) in [7, 11) is 4.25. The van der Waals surface area contributed by atoms with Gasteiger partial charge in [0.05, 0.1) is 17.3 Å². The lowest BCUT2D eigenvalue weighted by molar-refractivity contribution is 0.282. The van der Waals surface area contributed by atoms with E-state index in [2.05, 4.69) is 23.9 Å². The van der Waals surface area contributed by atoms with Gasteiger partial charge in [-0.2, -0.15) is 0 Å². The predicted octanol–water partition coefficient (Wildman–Crippen LogP) is 2.22. The topological polar surface area (TPSA) is 26.7 Å². The third-order valence-corrected chi connectivity index (χ3v) is 3.93. The summed E-state index contributed by atoms with van der Waals surface area (Å²) in [6, 6.07) is 5.76. The van der Waals surface area contributed by atoms with Gasteiger partial charge in [-0.1, -0.05) is 17.7 Å². The highest BCUT2D eigenvalue weighted by Gasteiger charge is 2.21. The quantitative estimate of drug-likeness (QED) is 0.907. The fraction of sp³-hybridized carbons (Fsp3) is 0.571. The van der Waals surface area contributed by atoms with Crippen LogP contribution in [0.1, 0.15) is 12.0 Å². The van der Waals surface area contributed by atoms with E-state index in [-0.39, 0.29) is 6.61 Å². The van der Waals surface area contributed by atoms with Gasteiger partial charge in [-0.05, 0) is 43.6 Å². The Morgan fingerprint density at radius 2 is 2.28 bits per heavy atom. The molecule has 1 N–H and O–H groups in total. The van der Waals surface area contributed by atoms with Gasteiger partial charge < -0.3 is 14.9 Å². The van der Waals surface area contributed by atoms with Gasteiger partial charge in [-0.25, -0.2) is 0 Å². The van der Waals surface area contributed by atoms with E-state index in [1.807, 2.05) is 18.2 Å². The van der Waals surface area contributed by atoms with Gasteiger partial charge in [0.25, 0.3) is 0 Å². The molecule has 0 saturated carbocycles. The van der Waals surface area contributed by atoms with Gasteiger partial charge in [-0.15, -0.1) is 0 Å². The molecular formula is C14H21ClN2O. The Bertz CT molecular complexity index is 411. The second-order valence-electron chi connectivity index (χ2n) is 5.24. The summed E-state index contributed by atoms with van der Waals surface area (Å²) in [6.45, 7) is 3.42. The predicted molar refractivity (Wildman–Crippen MR) is 76.2 cm³/mol. The van der Waals surface area contributed by atoms with Crippen molar-refractivity contribution < 1.29 is 5.11 Å². The molecule has 0 bridgehead atoms. The van der Waals surface area contributed by atoms with Crippen LogP contribution in [0.5, 0.6) is 0 Å². The lowest BCUT2D eigenvalue weighted by Crippen LogP contribution is -2.27. The van der Waals surface area contributed by atoms with Gasteiger partial charge in [0, 0.05) is 20.1 Å². The average molecular weight is 269 g/mol. The van der Waals surface area contributed by atoms with Gasteiger partial charge in [0.1, 0.15) is 0 Å². The Morgan fingerprint density at radius 1 is 1.50 bits per heavy atom. The van der Waals surface area contributed by atoms with Crippen LogP contribution in [-0.4, -0.2) is 43.7 Å². The highest BCUT2D eigenvalue weighted by atomic mass is 35.5. The van der Waals surface area contributed by atoms with Gasteiger partial charge >= 0.3 is 0 Å². The molecule has 1 aliphatic rings. The summed E-state index contributed by atoms with van der Waals surface area (Å²) < 4.78 is 0. The van der Waals surface area contributed by atoms with Crippen LogP contribution < -0.4 is 4.90 Å². The van der Waals surface area contributed by atoms with Gasteiger partial charge in [0.2, 0.25) is 0 Å². The van der Waals surface area contributed by atoms with Crippen LogP contribution in [0.25, 0.3) is 0 Å². The number of nitrogens with zero attached hydrogens (tertiary/aromatic N) is 2.